The second-order valence-corrected chi connectivity index (χ2v) is 8.82. The monoisotopic (exact) mass is 363 g/mol. The number of methoxy groups -OCH3 is 1. The first-order valence-corrected chi connectivity index (χ1v) is 9.52. The first-order chi connectivity index (χ1) is 12.6. The number of fused-ring (bicyclic) bond motifs is 1. The normalized spacial score (nSPS) is 17.9. The van der Waals surface area contributed by atoms with Gasteiger partial charge in [-0.05, 0) is 71.1 Å². The summed E-state index contributed by atoms with van der Waals surface area (Å²) in [6.07, 6.45) is 6.16. The molecule has 0 aliphatic heterocycles. The Morgan fingerprint density at radius 1 is 1.04 bits per heavy atom. The molecule has 1 aliphatic rings. The maximum atomic E-state index is 11.6. The molecule has 0 saturated carbocycles. The number of carbonyl (C=O) groups is 1. The van der Waals surface area contributed by atoms with Crippen molar-refractivity contribution >= 4 is 17.6 Å². The molecule has 0 unspecified atom stereocenters. The maximum Gasteiger partial charge on any atom is 0.339 e. The molecule has 27 heavy (non-hydrogen) atoms. The zero-order chi connectivity index (χ0) is 19.8. The van der Waals surface area contributed by atoms with E-state index in [-0.39, 0.29) is 16.8 Å². The van der Waals surface area contributed by atoms with Crippen molar-refractivity contribution in [2.24, 2.45) is 0 Å². The lowest BCUT2D eigenvalue weighted by molar-refractivity contribution is 0.0600. The van der Waals surface area contributed by atoms with Gasteiger partial charge in [0.1, 0.15) is 0 Å². The Morgan fingerprint density at radius 2 is 1.70 bits per heavy atom. The number of carbonyl (C=O) groups excluding carboxylic acids is 1. The van der Waals surface area contributed by atoms with Crippen LogP contribution in [0.1, 0.15) is 80.2 Å². The van der Waals surface area contributed by atoms with E-state index in [0.717, 1.165) is 11.3 Å². The van der Waals surface area contributed by atoms with Crippen molar-refractivity contribution in [3.8, 4) is 0 Å². The number of hydrogen-bond donors (Lipinski definition) is 0. The molecule has 1 aliphatic carbocycles. The zero-order valence-electron chi connectivity index (χ0n) is 17.2. The quantitative estimate of drug-likeness (QED) is 0.649. The Balaban J connectivity index is 1.94. The first-order valence-electron chi connectivity index (χ1n) is 9.52. The second-order valence-electron chi connectivity index (χ2n) is 8.82. The minimum atomic E-state index is -0.366. The molecule has 2 aromatic rings. The van der Waals surface area contributed by atoms with Gasteiger partial charge in [0.05, 0.1) is 18.4 Å². The number of allylic oxidation sites excluding steroid dienone is 1. The number of rotatable bonds is 3. The molecule has 0 spiro atoms. The number of hydrogen-bond acceptors (Lipinski definition) is 3. The summed E-state index contributed by atoms with van der Waals surface area (Å²) in [4.78, 5) is 16.0. The minimum Gasteiger partial charge on any atom is -0.465 e. The van der Waals surface area contributed by atoms with Crippen LogP contribution >= 0.6 is 0 Å². The summed E-state index contributed by atoms with van der Waals surface area (Å²) in [6.45, 7) is 11.4. The van der Waals surface area contributed by atoms with Crippen LogP contribution in [0.25, 0.3) is 11.6 Å². The highest BCUT2D eigenvalue weighted by Gasteiger charge is 2.36. The van der Waals surface area contributed by atoms with Gasteiger partial charge in [0.25, 0.3) is 0 Å². The van der Waals surface area contributed by atoms with Crippen LogP contribution in [0.3, 0.4) is 0 Å². The van der Waals surface area contributed by atoms with E-state index in [4.69, 9.17) is 4.74 Å². The summed E-state index contributed by atoms with van der Waals surface area (Å²) in [5.74, 6) is -0.366. The van der Waals surface area contributed by atoms with Crippen molar-refractivity contribution in [3.05, 3.63) is 64.5 Å². The highest BCUT2D eigenvalue weighted by Crippen LogP contribution is 2.46. The molecular weight excluding hydrogens is 334 g/mol. The molecule has 0 amide bonds. The van der Waals surface area contributed by atoms with Gasteiger partial charge >= 0.3 is 5.97 Å². The molecule has 0 N–H and O–H groups in total. The predicted molar refractivity (Wildman–Crippen MR) is 111 cm³/mol. The van der Waals surface area contributed by atoms with Crippen LogP contribution in [-0.4, -0.2) is 18.1 Å². The van der Waals surface area contributed by atoms with Gasteiger partial charge in [-0.3, -0.25) is 4.98 Å². The van der Waals surface area contributed by atoms with E-state index in [9.17, 15) is 4.79 Å². The summed E-state index contributed by atoms with van der Waals surface area (Å²) < 4.78 is 4.73. The summed E-state index contributed by atoms with van der Waals surface area (Å²) in [7, 11) is 1.38. The standard InChI is InChI=1S/C24H29NO2/c1-16(21-10-8-18(15-25-21)22(26)27-6)13-17-7-9-19-20(14-17)24(4,5)12-11-23(19,2)3/h7-10,13-15H,11-12H2,1-6H3/b16-13+. The van der Waals surface area contributed by atoms with Crippen molar-refractivity contribution in [2.75, 3.05) is 7.11 Å². The fourth-order valence-electron chi connectivity index (χ4n) is 3.89. The largest absolute Gasteiger partial charge is 0.465 e. The second kappa shape index (κ2) is 6.95. The van der Waals surface area contributed by atoms with Gasteiger partial charge < -0.3 is 4.74 Å². The van der Waals surface area contributed by atoms with Crippen LogP contribution in [0.15, 0.2) is 36.5 Å². The molecule has 3 heteroatoms. The third kappa shape index (κ3) is 3.83. The molecule has 0 atom stereocenters. The summed E-state index contributed by atoms with van der Waals surface area (Å²) in [5, 5.41) is 0. The Labute approximate surface area is 162 Å². The third-order valence-electron chi connectivity index (χ3n) is 5.85. The lowest BCUT2D eigenvalue weighted by Gasteiger charge is -2.42. The highest BCUT2D eigenvalue weighted by atomic mass is 16.5. The van der Waals surface area contributed by atoms with Crippen molar-refractivity contribution in [1.29, 1.82) is 0 Å². The molecule has 0 saturated heterocycles. The van der Waals surface area contributed by atoms with Gasteiger partial charge in [-0.25, -0.2) is 4.79 Å². The molecule has 1 aromatic heterocycles. The van der Waals surface area contributed by atoms with E-state index in [1.54, 1.807) is 12.3 Å². The Morgan fingerprint density at radius 3 is 2.30 bits per heavy atom. The number of aromatic nitrogens is 1. The first kappa shape index (κ1) is 19.3. The zero-order valence-corrected chi connectivity index (χ0v) is 17.2. The lowest BCUT2D eigenvalue weighted by Crippen LogP contribution is -2.33. The molecule has 1 heterocycles. The van der Waals surface area contributed by atoms with Crippen LogP contribution in [0.4, 0.5) is 0 Å². The molecule has 1 aromatic carbocycles. The van der Waals surface area contributed by atoms with E-state index in [1.807, 2.05) is 6.07 Å². The van der Waals surface area contributed by atoms with Gasteiger partial charge in [0.2, 0.25) is 0 Å². The van der Waals surface area contributed by atoms with Crippen molar-refractivity contribution in [2.45, 2.75) is 58.3 Å². The van der Waals surface area contributed by atoms with Crippen LogP contribution in [-0.2, 0) is 15.6 Å². The van der Waals surface area contributed by atoms with Crippen LogP contribution in [0, 0.1) is 0 Å². The average Bonchev–Trinajstić information content (AvgIpc) is 2.65. The number of benzene rings is 1. The molecular formula is C24H29NO2. The van der Waals surface area contributed by atoms with Gasteiger partial charge in [0, 0.05) is 6.20 Å². The smallest absolute Gasteiger partial charge is 0.339 e. The maximum absolute atomic E-state index is 11.6. The van der Waals surface area contributed by atoms with Crippen LogP contribution in [0.2, 0.25) is 0 Å². The average molecular weight is 364 g/mol. The molecule has 0 fully saturated rings. The van der Waals surface area contributed by atoms with Crippen LogP contribution < -0.4 is 0 Å². The van der Waals surface area contributed by atoms with E-state index < -0.39 is 0 Å². The molecule has 3 rings (SSSR count). The van der Waals surface area contributed by atoms with Gasteiger partial charge in [-0.15, -0.1) is 0 Å². The minimum absolute atomic E-state index is 0.197. The SMILES string of the molecule is COC(=O)c1ccc(/C(C)=C/c2ccc3c(c2)C(C)(C)CCC3(C)C)nc1. The van der Waals surface area contributed by atoms with Crippen molar-refractivity contribution in [1.82, 2.24) is 4.98 Å². The summed E-state index contributed by atoms with van der Waals surface area (Å²) in [6, 6.07) is 10.5. The van der Waals surface area contributed by atoms with Crippen LogP contribution in [0.5, 0.6) is 0 Å². The highest BCUT2D eigenvalue weighted by molar-refractivity contribution is 5.89. The number of nitrogens with zero attached hydrogens (tertiary/aromatic N) is 1. The van der Waals surface area contributed by atoms with E-state index >= 15 is 0 Å². The lowest BCUT2D eigenvalue weighted by atomic mass is 9.63. The predicted octanol–water partition coefficient (Wildman–Crippen LogP) is 5.78. The fraction of sp³-hybridized carbons (Fsp3) is 0.417. The van der Waals surface area contributed by atoms with E-state index in [0.29, 0.717) is 5.56 Å². The number of pyridine rings is 1. The molecule has 0 bridgehead atoms. The summed E-state index contributed by atoms with van der Waals surface area (Å²) in [5.41, 5.74) is 6.93. The number of ether oxygens (including phenoxy) is 1. The number of esters is 1. The van der Waals surface area contributed by atoms with E-state index in [1.165, 1.54) is 36.6 Å². The van der Waals surface area contributed by atoms with Crippen molar-refractivity contribution in [3.63, 3.8) is 0 Å². The van der Waals surface area contributed by atoms with Gasteiger partial charge in [0.15, 0.2) is 0 Å². The Kier molecular flexibility index (Phi) is 4.98. The third-order valence-corrected chi connectivity index (χ3v) is 5.85. The van der Waals surface area contributed by atoms with Crippen molar-refractivity contribution < 1.29 is 9.53 Å². The molecule has 3 nitrogen and oxygen atoms in total. The fourth-order valence-corrected chi connectivity index (χ4v) is 3.89. The van der Waals surface area contributed by atoms with E-state index in [2.05, 4.69) is 63.9 Å². The van der Waals surface area contributed by atoms with Gasteiger partial charge in [-0.2, -0.15) is 0 Å². The Hall–Kier alpha value is -2.42. The van der Waals surface area contributed by atoms with Gasteiger partial charge in [-0.1, -0.05) is 45.9 Å². The summed E-state index contributed by atoms with van der Waals surface area (Å²) >= 11 is 0. The Bertz CT molecular complexity index is 889. The molecule has 142 valence electrons. The molecule has 0 radical (unpaired) electrons. The topological polar surface area (TPSA) is 39.2 Å².